The van der Waals surface area contributed by atoms with Gasteiger partial charge in [-0.1, -0.05) is 84.9 Å². The van der Waals surface area contributed by atoms with Crippen molar-refractivity contribution in [2.75, 3.05) is 6.61 Å². The van der Waals surface area contributed by atoms with Crippen molar-refractivity contribution in [3.8, 4) is 5.75 Å². The van der Waals surface area contributed by atoms with Crippen LogP contribution in [0, 0.1) is 5.92 Å². The van der Waals surface area contributed by atoms with Crippen LogP contribution in [-0.4, -0.2) is 24.3 Å². The second-order valence-electron chi connectivity index (χ2n) is 9.37. The summed E-state index contributed by atoms with van der Waals surface area (Å²) in [5.74, 6) is -2.27. The van der Waals surface area contributed by atoms with E-state index >= 15 is 0 Å². The third-order valence-electron chi connectivity index (χ3n) is 6.88. The number of rotatable bonds is 7. The van der Waals surface area contributed by atoms with E-state index in [0.717, 1.165) is 33.0 Å². The molecule has 0 N–H and O–H groups in total. The van der Waals surface area contributed by atoms with E-state index < -0.39 is 23.8 Å². The van der Waals surface area contributed by atoms with Gasteiger partial charge >= 0.3 is 11.9 Å². The molecule has 0 aliphatic heterocycles. The van der Waals surface area contributed by atoms with Crippen LogP contribution in [0.1, 0.15) is 36.0 Å². The minimum Gasteiger partial charge on any atom is -0.465 e. The molecule has 39 heavy (non-hydrogen) atoms. The molecule has 0 radical (unpaired) electrons. The first-order valence-corrected chi connectivity index (χ1v) is 13.0. The summed E-state index contributed by atoms with van der Waals surface area (Å²) in [7, 11) is 0. The highest BCUT2D eigenvalue weighted by molar-refractivity contribution is 6.12. The van der Waals surface area contributed by atoms with Gasteiger partial charge in [0.25, 0.3) is 0 Å². The summed E-state index contributed by atoms with van der Waals surface area (Å²) in [4.78, 5) is 38.6. The quantitative estimate of drug-likeness (QED) is 0.117. The smallest absolute Gasteiger partial charge is 0.336 e. The Balaban J connectivity index is 1.41. The molecule has 194 valence electrons. The van der Waals surface area contributed by atoms with E-state index in [1.165, 1.54) is 6.08 Å². The maximum absolute atomic E-state index is 13.4. The fourth-order valence-electron chi connectivity index (χ4n) is 5.05. The number of allylic oxidation sites excluding steroid dienone is 2. The van der Waals surface area contributed by atoms with Gasteiger partial charge in [0.2, 0.25) is 0 Å². The number of carbonyl (C=O) groups excluding carboxylic acids is 3. The summed E-state index contributed by atoms with van der Waals surface area (Å²) in [5.41, 5.74) is 3.55. The summed E-state index contributed by atoms with van der Waals surface area (Å²) >= 11 is 0. The predicted molar refractivity (Wildman–Crippen MR) is 152 cm³/mol. The Kier molecular flexibility index (Phi) is 7.78. The molecule has 2 atom stereocenters. The second kappa shape index (κ2) is 11.7. The lowest BCUT2D eigenvalue weighted by Gasteiger charge is -2.30. The molecular formula is C34H28O5. The number of esters is 2. The molecule has 0 aromatic heterocycles. The number of hydrogen-bond acceptors (Lipinski definition) is 5. The first kappa shape index (κ1) is 25.9. The van der Waals surface area contributed by atoms with Crippen LogP contribution in [0.3, 0.4) is 0 Å². The van der Waals surface area contributed by atoms with Crippen LogP contribution in [0.15, 0.2) is 109 Å². The maximum atomic E-state index is 13.4. The molecule has 1 aliphatic rings. The molecule has 0 fully saturated rings. The van der Waals surface area contributed by atoms with Crippen LogP contribution >= 0.6 is 0 Å². The number of fused-ring (bicyclic) bond motifs is 1. The van der Waals surface area contributed by atoms with Crippen molar-refractivity contribution in [3.05, 3.63) is 126 Å². The topological polar surface area (TPSA) is 69.7 Å². The Morgan fingerprint density at radius 3 is 2.36 bits per heavy atom. The summed E-state index contributed by atoms with van der Waals surface area (Å²) in [6.07, 6.45) is 5.15. The molecule has 2 unspecified atom stereocenters. The Morgan fingerprint density at radius 1 is 0.872 bits per heavy atom. The zero-order chi connectivity index (χ0) is 27.2. The fourth-order valence-corrected chi connectivity index (χ4v) is 5.05. The molecule has 0 heterocycles. The van der Waals surface area contributed by atoms with Crippen LogP contribution in [0.5, 0.6) is 5.75 Å². The van der Waals surface area contributed by atoms with Gasteiger partial charge < -0.3 is 9.47 Å². The Hall–Kier alpha value is -4.77. The molecule has 0 amide bonds. The minimum atomic E-state index is -0.939. The first-order chi connectivity index (χ1) is 19.0. The average molecular weight is 517 g/mol. The van der Waals surface area contributed by atoms with E-state index in [9.17, 15) is 14.4 Å². The normalized spacial score (nSPS) is 17.2. The van der Waals surface area contributed by atoms with E-state index in [1.807, 2.05) is 72.8 Å². The van der Waals surface area contributed by atoms with E-state index in [0.29, 0.717) is 12.2 Å². The number of benzene rings is 4. The van der Waals surface area contributed by atoms with E-state index in [4.69, 9.17) is 9.47 Å². The molecule has 1 aliphatic carbocycles. The minimum absolute atomic E-state index is 0.195. The highest BCUT2D eigenvalue weighted by Gasteiger charge is 2.40. The summed E-state index contributed by atoms with van der Waals surface area (Å²) in [6, 6.07) is 30.5. The maximum Gasteiger partial charge on any atom is 0.336 e. The first-order valence-electron chi connectivity index (χ1n) is 13.0. The van der Waals surface area contributed by atoms with E-state index in [-0.39, 0.29) is 12.4 Å². The van der Waals surface area contributed by atoms with Crippen LogP contribution in [0.25, 0.3) is 22.4 Å². The SMILES string of the molecule is CCOC(=O)C1C(=O)C=C(c2cccc3ccccc23)CC1c1ccc(OC(=O)/C=C\c2ccccc2)cc1. The largest absolute Gasteiger partial charge is 0.465 e. The fraction of sp³-hybridized carbons (Fsp3) is 0.147. The van der Waals surface area contributed by atoms with Gasteiger partial charge in [-0.15, -0.1) is 0 Å². The van der Waals surface area contributed by atoms with Crippen LogP contribution in [-0.2, 0) is 19.1 Å². The zero-order valence-corrected chi connectivity index (χ0v) is 21.6. The van der Waals surface area contributed by atoms with Crippen molar-refractivity contribution in [1.29, 1.82) is 0 Å². The molecule has 0 saturated carbocycles. The summed E-state index contributed by atoms with van der Waals surface area (Å²) in [6.45, 7) is 1.92. The predicted octanol–water partition coefficient (Wildman–Crippen LogP) is 6.78. The Labute approximate surface area is 227 Å². The van der Waals surface area contributed by atoms with Crippen molar-refractivity contribution in [1.82, 2.24) is 0 Å². The Morgan fingerprint density at radius 2 is 1.59 bits per heavy atom. The van der Waals surface area contributed by atoms with Gasteiger partial charge in [0.1, 0.15) is 11.7 Å². The lowest BCUT2D eigenvalue weighted by Crippen LogP contribution is -2.34. The van der Waals surface area contributed by atoms with E-state index in [1.54, 1.807) is 43.3 Å². The summed E-state index contributed by atoms with van der Waals surface area (Å²) < 4.78 is 10.7. The van der Waals surface area contributed by atoms with Gasteiger partial charge in [-0.05, 0) is 70.7 Å². The third kappa shape index (κ3) is 5.88. The number of hydrogen-bond donors (Lipinski definition) is 0. The molecule has 4 aromatic carbocycles. The highest BCUT2D eigenvalue weighted by atomic mass is 16.5. The monoisotopic (exact) mass is 516 g/mol. The molecule has 5 nitrogen and oxygen atoms in total. The number of ketones is 1. The second-order valence-corrected chi connectivity index (χ2v) is 9.37. The highest BCUT2D eigenvalue weighted by Crippen LogP contribution is 2.42. The van der Waals surface area contributed by atoms with Crippen LogP contribution < -0.4 is 4.74 Å². The number of ether oxygens (including phenoxy) is 2. The standard InChI is InChI=1S/C34H28O5/c1-2-38-34(37)33-30(21-26(22-31(33)35)29-14-8-12-24-11-6-7-13-28(24)29)25-16-18-27(19-17-25)39-32(36)20-15-23-9-4-3-5-10-23/h3-20,22,30,33H,2,21H2,1H3/b20-15-. The lowest BCUT2D eigenvalue weighted by molar-refractivity contribution is -0.151. The van der Waals surface area contributed by atoms with Gasteiger partial charge in [-0.25, -0.2) is 4.79 Å². The van der Waals surface area contributed by atoms with Crippen molar-refractivity contribution >= 4 is 40.1 Å². The van der Waals surface area contributed by atoms with Gasteiger partial charge in [0, 0.05) is 12.0 Å². The molecule has 0 spiro atoms. The Bertz CT molecular complexity index is 1560. The summed E-state index contributed by atoms with van der Waals surface area (Å²) in [5, 5.41) is 2.14. The van der Waals surface area contributed by atoms with Crippen molar-refractivity contribution in [2.45, 2.75) is 19.3 Å². The van der Waals surface area contributed by atoms with E-state index in [2.05, 4.69) is 0 Å². The van der Waals surface area contributed by atoms with Crippen molar-refractivity contribution < 1.29 is 23.9 Å². The zero-order valence-electron chi connectivity index (χ0n) is 21.6. The average Bonchev–Trinajstić information content (AvgIpc) is 2.96. The lowest BCUT2D eigenvalue weighted by atomic mass is 9.73. The molecule has 0 bridgehead atoms. The molecule has 5 rings (SSSR count). The van der Waals surface area contributed by atoms with Crippen molar-refractivity contribution in [2.24, 2.45) is 5.92 Å². The van der Waals surface area contributed by atoms with Gasteiger partial charge in [-0.2, -0.15) is 0 Å². The molecule has 0 saturated heterocycles. The number of carbonyl (C=O) groups is 3. The van der Waals surface area contributed by atoms with Crippen molar-refractivity contribution in [3.63, 3.8) is 0 Å². The van der Waals surface area contributed by atoms with Gasteiger partial charge in [0.05, 0.1) is 6.61 Å². The van der Waals surface area contributed by atoms with Gasteiger partial charge in [-0.3, -0.25) is 9.59 Å². The molecule has 5 heteroatoms. The molecular weight excluding hydrogens is 488 g/mol. The van der Waals surface area contributed by atoms with Gasteiger partial charge in [0.15, 0.2) is 5.78 Å². The third-order valence-corrected chi connectivity index (χ3v) is 6.88. The molecule has 4 aromatic rings. The van der Waals surface area contributed by atoms with Crippen LogP contribution in [0.4, 0.5) is 0 Å². The van der Waals surface area contributed by atoms with Crippen LogP contribution in [0.2, 0.25) is 0 Å².